The van der Waals surface area contributed by atoms with E-state index >= 15 is 0 Å². The lowest BCUT2D eigenvalue weighted by Gasteiger charge is -2.26. The Morgan fingerprint density at radius 3 is 1.89 bits per heavy atom. The van der Waals surface area contributed by atoms with Crippen LogP contribution in [0.25, 0.3) is 55.3 Å². The lowest BCUT2D eigenvalue weighted by atomic mass is 9.36. The number of benzene rings is 7. The first-order valence-electron chi connectivity index (χ1n) is 15.4. The van der Waals surface area contributed by atoms with Gasteiger partial charge in [-0.05, 0) is 58.1 Å². The van der Waals surface area contributed by atoms with E-state index < -0.39 is 0 Å². The van der Waals surface area contributed by atoms with Crippen LogP contribution >= 0.6 is 11.8 Å². The number of hydrogen-bond acceptors (Lipinski definition) is 2. The summed E-state index contributed by atoms with van der Waals surface area (Å²) in [5.74, 6) is 0. The SMILES string of the molecule is c1ccc(B2c3ccccc3Sc3cc(-c4cccc(-c5cccc(-c6cccc7c6oc6ccccc67)c5)c4)ccc32)cc1. The lowest BCUT2D eigenvalue weighted by Crippen LogP contribution is -2.55. The van der Waals surface area contributed by atoms with Gasteiger partial charge in [-0.3, -0.25) is 0 Å². The molecule has 0 N–H and O–H groups in total. The highest BCUT2D eigenvalue weighted by atomic mass is 32.2. The first-order chi connectivity index (χ1) is 22.3. The average molecular weight is 591 g/mol. The molecule has 1 aliphatic heterocycles. The summed E-state index contributed by atoms with van der Waals surface area (Å²) in [6, 6.07) is 59.2. The fraction of sp³-hybridized carbons (Fsp3) is 0. The third-order valence-electron chi connectivity index (χ3n) is 9.01. The summed E-state index contributed by atoms with van der Waals surface area (Å²) in [6.07, 6.45) is 0. The monoisotopic (exact) mass is 590 g/mol. The average Bonchev–Trinajstić information content (AvgIpc) is 3.50. The zero-order valence-electron chi connectivity index (χ0n) is 24.5. The Labute approximate surface area is 267 Å². The van der Waals surface area contributed by atoms with Crippen LogP contribution in [0.3, 0.4) is 0 Å². The van der Waals surface area contributed by atoms with Crippen molar-refractivity contribution < 1.29 is 4.42 Å². The molecule has 9 rings (SSSR count). The topological polar surface area (TPSA) is 13.1 Å². The van der Waals surface area contributed by atoms with Gasteiger partial charge in [-0.2, -0.15) is 0 Å². The highest BCUT2D eigenvalue weighted by molar-refractivity contribution is 8.00. The molecule has 8 aromatic rings. The molecule has 7 aromatic carbocycles. The number of para-hydroxylation sites is 2. The molecule has 1 nitrogen and oxygen atoms in total. The summed E-state index contributed by atoms with van der Waals surface area (Å²) in [6.45, 7) is 0.234. The standard InChI is InChI=1S/C42H27BOS/c1-2-15-33(16-3-1)43-37-20-5-7-22-40(37)45-41-27-31(23-24-38(41)43)29-12-8-11-28(25-29)30-13-9-14-32(26-30)34-18-10-19-36-35-17-4-6-21-39(35)44-42(34)36/h1-27H. The van der Waals surface area contributed by atoms with Crippen molar-refractivity contribution in [3.63, 3.8) is 0 Å². The van der Waals surface area contributed by atoms with Crippen LogP contribution in [0, 0.1) is 0 Å². The van der Waals surface area contributed by atoms with Gasteiger partial charge in [0.1, 0.15) is 11.2 Å². The van der Waals surface area contributed by atoms with Gasteiger partial charge in [0.15, 0.2) is 0 Å². The molecule has 3 heteroatoms. The minimum atomic E-state index is 0.234. The zero-order chi connectivity index (χ0) is 29.7. The molecule has 0 radical (unpaired) electrons. The maximum Gasteiger partial charge on any atom is 0.244 e. The highest BCUT2D eigenvalue weighted by Crippen LogP contribution is 2.38. The third-order valence-corrected chi connectivity index (χ3v) is 10.2. The van der Waals surface area contributed by atoms with Gasteiger partial charge >= 0.3 is 0 Å². The van der Waals surface area contributed by atoms with Crippen molar-refractivity contribution in [2.24, 2.45) is 0 Å². The summed E-state index contributed by atoms with van der Waals surface area (Å²) >= 11 is 1.88. The Hall–Kier alpha value is -5.25. The van der Waals surface area contributed by atoms with Gasteiger partial charge in [0.25, 0.3) is 0 Å². The Kier molecular flexibility index (Phi) is 6.24. The second-order valence-electron chi connectivity index (χ2n) is 11.7. The van der Waals surface area contributed by atoms with E-state index in [-0.39, 0.29) is 6.71 Å². The molecule has 1 aromatic heterocycles. The summed E-state index contributed by atoms with van der Waals surface area (Å²) in [5.41, 5.74) is 13.0. The van der Waals surface area contributed by atoms with Gasteiger partial charge in [-0.15, -0.1) is 0 Å². The van der Waals surface area contributed by atoms with Crippen molar-refractivity contribution in [2.75, 3.05) is 0 Å². The van der Waals surface area contributed by atoms with Crippen LogP contribution in [0.15, 0.2) is 178 Å². The highest BCUT2D eigenvalue weighted by Gasteiger charge is 2.31. The molecule has 0 aliphatic carbocycles. The quantitative estimate of drug-likeness (QED) is 0.189. The first kappa shape index (κ1) is 26.2. The van der Waals surface area contributed by atoms with Gasteiger partial charge in [0.05, 0.1) is 0 Å². The second-order valence-corrected chi connectivity index (χ2v) is 12.8. The van der Waals surface area contributed by atoms with Crippen LogP contribution in [0.4, 0.5) is 0 Å². The number of rotatable bonds is 4. The van der Waals surface area contributed by atoms with Gasteiger partial charge in [0.2, 0.25) is 6.71 Å². The summed E-state index contributed by atoms with van der Waals surface area (Å²) in [5, 5.41) is 2.30. The summed E-state index contributed by atoms with van der Waals surface area (Å²) in [7, 11) is 0. The van der Waals surface area contributed by atoms with Crippen molar-refractivity contribution in [3.05, 3.63) is 164 Å². The van der Waals surface area contributed by atoms with E-state index in [1.54, 1.807) is 0 Å². The van der Waals surface area contributed by atoms with Gasteiger partial charge in [0, 0.05) is 26.1 Å². The molecule has 210 valence electrons. The maximum absolute atomic E-state index is 6.36. The van der Waals surface area contributed by atoms with E-state index in [9.17, 15) is 0 Å². The lowest BCUT2D eigenvalue weighted by molar-refractivity contribution is 0.670. The molecule has 0 fully saturated rings. The van der Waals surface area contributed by atoms with E-state index in [1.165, 1.54) is 48.4 Å². The summed E-state index contributed by atoms with van der Waals surface area (Å²) < 4.78 is 6.36. The minimum absolute atomic E-state index is 0.234. The maximum atomic E-state index is 6.36. The Balaban J connectivity index is 1.10. The molecule has 0 amide bonds. The second kappa shape index (κ2) is 10.7. The van der Waals surface area contributed by atoms with Crippen LogP contribution < -0.4 is 16.4 Å². The smallest absolute Gasteiger partial charge is 0.244 e. The molecular weight excluding hydrogens is 563 g/mol. The number of furan rings is 1. The molecule has 0 bridgehead atoms. The molecule has 0 saturated carbocycles. The zero-order valence-corrected chi connectivity index (χ0v) is 25.3. The van der Waals surface area contributed by atoms with Gasteiger partial charge < -0.3 is 4.42 Å². The Morgan fingerprint density at radius 1 is 0.422 bits per heavy atom. The van der Waals surface area contributed by atoms with E-state index in [0.717, 1.165) is 33.1 Å². The Morgan fingerprint density at radius 2 is 1.04 bits per heavy atom. The molecule has 2 heterocycles. The van der Waals surface area contributed by atoms with Crippen molar-refractivity contribution in [1.29, 1.82) is 0 Å². The van der Waals surface area contributed by atoms with Crippen LogP contribution in [0.1, 0.15) is 0 Å². The van der Waals surface area contributed by atoms with Crippen LogP contribution in [0.2, 0.25) is 0 Å². The van der Waals surface area contributed by atoms with Crippen LogP contribution in [-0.4, -0.2) is 6.71 Å². The minimum Gasteiger partial charge on any atom is -0.455 e. The molecule has 1 aliphatic rings. The number of fused-ring (bicyclic) bond motifs is 5. The van der Waals surface area contributed by atoms with Crippen LogP contribution in [-0.2, 0) is 0 Å². The summed E-state index contributed by atoms with van der Waals surface area (Å²) in [4.78, 5) is 2.66. The Bertz CT molecular complexity index is 2370. The largest absolute Gasteiger partial charge is 0.455 e. The van der Waals surface area contributed by atoms with E-state index in [2.05, 4.69) is 152 Å². The van der Waals surface area contributed by atoms with E-state index in [4.69, 9.17) is 4.42 Å². The third kappa shape index (κ3) is 4.51. The molecule has 45 heavy (non-hydrogen) atoms. The molecule has 0 unspecified atom stereocenters. The predicted octanol–water partition coefficient (Wildman–Crippen LogP) is 9.57. The fourth-order valence-electron chi connectivity index (χ4n) is 6.86. The van der Waals surface area contributed by atoms with Crippen molar-refractivity contribution in [1.82, 2.24) is 0 Å². The predicted molar refractivity (Wildman–Crippen MR) is 192 cm³/mol. The molecular formula is C42H27BOS. The van der Waals surface area contributed by atoms with Crippen molar-refractivity contribution in [2.45, 2.75) is 9.79 Å². The van der Waals surface area contributed by atoms with Gasteiger partial charge in [-0.25, -0.2) is 0 Å². The van der Waals surface area contributed by atoms with Gasteiger partial charge in [-0.1, -0.05) is 162 Å². The molecule has 0 spiro atoms. The fourth-order valence-corrected chi connectivity index (χ4v) is 8.04. The van der Waals surface area contributed by atoms with Crippen LogP contribution in [0.5, 0.6) is 0 Å². The van der Waals surface area contributed by atoms with Crippen molar-refractivity contribution >= 4 is 56.8 Å². The van der Waals surface area contributed by atoms with Crippen molar-refractivity contribution in [3.8, 4) is 33.4 Å². The molecule has 0 saturated heterocycles. The van der Waals surface area contributed by atoms with E-state index in [1.807, 2.05) is 23.9 Å². The van der Waals surface area contributed by atoms with E-state index in [0.29, 0.717) is 0 Å². The normalized spacial score (nSPS) is 12.3. The molecule has 0 atom stereocenters. The first-order valence-corrected chi connectivity index (χ1v) is 16.2. The number of hydrogen-bond donors (Lipinski definition) is 0.